The van der Waals surface area contributed by atoms with Gasteiger partial charge in [-0.15, -0.1) is 0 Å². The van der Waals surface area contributed by atoms with Crippen LogP contribution < -0.4 is 0 Å². The summed E-state index contributed by atoms with van der Waals surface area (Å²) < 4.78 is 0. The van der Waals surface area contributed by atoms with E-state index >= 15 is 0 Å². The Bertz CT molecular complexity index is 253. The van der Waals surface area contributed by atoms with Gasteiger partial charge in [0.1, 0.15) is 5.75 Å². The number of aromatic hydroxyl groups is 1. The second-order valence-corrected chi connectivity index (χ2v) is 2.02. The number of benzene rings is 1. The number of carbonyl (C=O) groups excluding carboxylic acids is 1. The molecular formula is C8H7O2. The number of hydrogen-bond acceptors (Lipinski definition) is 2. The van der Waals surface area contributed by atoms with Crippen molar-refractivity contribution in [3.63, 3.8) is 0 Å². The van der Waals surface area contributed by atoms with E-state index in [1.165, 1.54) is 25.1 Å². The molecule has 2 nitrogen and oxygen atoms in total. The van der Waals surface area contributed by atoms with Crippen LogP contribution in [0.5, 0.6) is 5.75 Å². The Morgan fingerprint density at radius 1 is 1.70 bits per heavy atom. The van der Waals surface area contributed by atoms with E-state index < -0.39 is 0 Å². The number of carbonyl (C=O) groups is 1. The molecule has 1 radical (unpaired) electrons. The normalized spacial score (nSPS) is 9.30. The minimum absolute atomic E-state index is 0.0871. The van der Waals surface area contributed by atoms with Crippen molar-refractivity contribution in [2.24, 2.45) is 0 Å². The van der Waals surface area contributed by atoms with E-state index in [0.29, 0.717) is 5.56 Å². The zero-order valence-electron chi connectivity index (χ0n) is 5.59. The number of rotatable bonds is 1. The van der Waals surface area contributed by atoms with Crippen molar-refractivity contribution in [3.05, 3.63) is 29.8 Å². The lowest BCUT2D eigenvalue weighted by atomic mass is 10.1. The van der Waals surface area contributed by atoms with E-state index in [1.807, 2.05) is 0 Å². The van der Waals surface area contributed by atoms with E-state index in [2.05, 4.69) is 6.07 Å². The predicted octanol–water partition coefficient (Wildman–Crippen LogP) is 1.39. The van der Waals surface area contributed by atoms with Crippen molar-refractivity contribution in [3.8, 4) is 5.75 Å². The Balaban J connectivity index is 3.07. The third-order valence-electron chi connectivity index (χ3n) is 1.16. The van der Waals surface area contributed by atoms with Crippen LogP contribution in [0.4, 0.5) is 0 Å². The molecule has 0 aromatic heterocycles. The summed E-state index contributed by atoms with van der Waals surface area (Å²) >= 11 is 0. The van der Waals surface area contributed by atoms with Gasteiger partial charge in [-0.25, -0.2) is 0 Å². The monoisotopic (exact) mass is 135 g/mol. The fourth-order valence-corrected chi connectivity index (χ4v) is 0.658. The van der Waals surface area contributed by atoms with Crippen molar-refractivity contribution in [1.29, 1.82) is 0 Å². The van der Waals surface area contributed by atoms with Gasteiger partial charge >= 0.3 is 0 Å². The Hall–Kier alpha value is -1.31. The largest absolute Gasteiger partial charge is 0.508 e. The summed E-state index contributed by atoms with van der Waals surface area (Å²) in [5, 5.41) is 8.89. The molecule has 0 saturated heterocycles. The van der Waals surface area contributed by atoms with Gasteiger partial charge in [-0.05, 0) is 31.2 Å². The van der Waals surface area contributed by atoms with Crippen LogP contribution in [0.15, 0.2) is 18.2 Å². The highest BCUT2D eigenvalue weighted by Crippen LogP contribution is 2.09. The predicted molar refractivity (Wildman–Crippen MR) is 36.9 cm³/mol. The van der Waals surface area contributed by atoms with Crippen LogP contribution in [-0.2, 0) is 0 Å². The number of phenolic OH excluding ortho intramolecular Hbond substituents is 1. The minimum atomic E-state index is -0.0871. The Labute approximate surface area is 59.1 Å². The second kappa shape index (κ2) is 2.52. The summed E-state index contributed by atoms with van der Waals surface area (Å²) in [6.45, 7) is 1.44. The summed E-state index contributed by atoms with van der Waals surface area (Å²) in [4.78, 5) is 10.7. The molecule has 1 rings (SSSR count). The summed E-state index contributed by atoms with van der Waals surface area (Å²) in [7, 11) is 0. The molecule has 0 aliphatic rings. The fourth-order valence-electron chi connectivity index (χ4n) is 0.658. The first kappa shape index (κ1) is 6.81. The van der Waals surface area contributed by atoms with Gasteiger partial charge in [-0.1, -0.05) is 0 Å². The molecule has 51 valence electrons. The molecule has 0 aliphatic heterocycles. The molecule has 1 aromatic carbocycles. The van der Waals surface area contributed by atoms with E-state index in [4.69, 9.17) is 5.11 Å². The molecule has 10 heavy (non-hydrogen) atoms. The van der Waals surface area contributed by atoms with Crippen LogP contribution in [0.1, 0.15) is 17.3 Å². The van der Waals surface area contributed by atoms with Crippen LogP contribution in [0, 0.1) is 6.07 Å². The average molecular weight is 135 g/mol. The molecule has 1 aromatic rings. The summed E-state index contributed by atoms with van der Waals surface area (Å²) in [6.07, 6.45) is 0. The molecule has 2 heteroatoms. The average Bonchev–Trinajstić information content (AvgIpc) is 1.88. The molecule has 0 amide bonds. The highest BCUT2D eigenvalue weighted by atomic mass is 16.3. The van der Waals surface area contributed by atoms with Gasteiger partial charge in [0, 0.05) is 5.56 Å². The van der Waals surface area contributed by atoms with Gasteiger partial charge in [0.05, 0.1) is 0 Å². The van der Waals surface area contributed by atoms with Gasteiger partial charge in [-0.2, -0.15) is 0 Å². The van der Waals surface area contributed by atoms with E-state index in [0.717, 1.165) is 0 Å². The maximum absolute atomic E-state index is 10.7. The molecule has 0 fully saturated rings. The topological polar surface area (TPSA) is 37.3 Å². The third kappa shape index (κ3) is 1.35. The van der Waals surface area contributed by atoms with Crippen molar-refractivity contribution in [1.82, 2.24) is 0 Å². The number of hydrogen-bond donors (Lipinski definition) is 1. The number of Topliss-reactive ketones (excluding diaryl/α,β-unsaturated/α-hetero) is 1. The first-order valence-corrected chi connectivity index (χ1v) is 2.92. The molecular weight excluding hydrogens is 128 g/mol. The highest BCUT2D eigenvalue weighted by molar-refractivity contribution is 5.94. The van der Waals surface area contributed by atoms with Gasteiger partial charge in [0.15, 0.2) is 5.78 Å². The summed E-state index contributed by atoms with van der Waals surface area (Å²) in [5.74, 6) is 0.0138. The summed E-state index contributed by atoms with van der Waals surface area (Å²) in [5.41, 5.74) is 0.417. The van der Waals surface area contributed by atoms with E-state index in [1.54, 1.807) is 0 Å². The maximum Gasteiger partial charge on any atom is 0.160 e. The zero-order chi connectivity index (χ0) is 7.56. The smallest absolute Gasteiger partial charge is 0.160 e. The quantitative estimate of drug-likeness (QED) is 0.591. The molecule has 0 unspecified atom stereocenters. The maximum atomic E-state index is 10.7. The van der Waals surface area contributed by atoms with Crippen molar-refractivity contribution < 1.29 is 9.90 Å². The second-order valence-electron chi connectivity index (χ2n) is 2.02. The molecule has 0 atom stereocenters. The molecule has 0 aliphatic carbocycles. The van der Waals surface area contributed by atoms with Gasteiger partial charge < -0.3 is 5.11 Å². The lowest BCUT2D eigenvalue weighted by Crippen LogP contribution is -1.89. The van der Waals surface area contributed by atoms with Gasteiger partial charge in [0.2, 0.25) is 0 Å². The van der Waals surface area contributed by atoms with Gasteiger partial charge in [0.25, 0.3) is 0 Å². The van der Waals surface area contributed by atoms with Crippen molar-refractivity contribution >= 4 is 5.78 Å². The lowest BCUT2D eigenvalue weighted by Gasteiger charge is -1.93. The van der Waals surface area contributed by atoms with E-state index in [9.17, 15) is 4.79 Å². The van der Waals surface area contributed by atoms with Crippen LogP contribution in [-0.4, -0.2) is 10.9 Å². The Morgan fingerprint density at radius 2 is 2.40 bits per heavy atom. The standard InChI is InChI=1S/C8H7O2/c1-6(9)7-3-2-4-8(10)5-7/h2,4-5,10H,1H3. The van der Waals surface area contributed by atoms with Crippen molar-refractivity contribution in [2.75, 3.05) is 0 Å². The first-order valence-electron chi connectivity index (χ1n) is 2.92. The molecule has 0 heterocycles. The third-order valence-corrected chi connectivity index (χ3v) is 1.16. The number of ketones is 1. The van der Waals surface area contributed by atoms with E-state index in [-0.39, 0.29) is 11.5 Å². The molecule has 0 bridgehead atoms. The molecule has 0 spiro atoms. The summed E-state index contributed by atoms with van der Waals surface area (Å²) in [6, 6.07) is 7.09. The molecule has 1 N–H and O–H groups in total. The lowest BCUT2D eigenvalue weighted by molar-refractivity contribution is 0.101. The first-order chi connectivity index (χ1) is 4.70. The molecule has 0 saturated carbocycles. The fraction of sp³-hybridized carbons (Fsp3) is 0.125. The minimum Gasteiger partial charge on any atom is -0.508 e. The van der Waals surface area contributed by atoms with Crippen molar-refractivity contribution in [2.45, 2.75) is 6.92 Å². The van der Waals surface area contributed by atoms with Crippen LogP contribution >= 0.6 is 0 Å². The SMILES string of the molecule is CC(=O)c1[c]ccc(O)c1. The van der Waals surface area contributed by atoms with Crippen LogP contribution in [0.3, 0.4) is 0 Å². The highest BCUT2D eigenvalue weighted by Gasteiger charge is 1.97. The number of phenols is 1. The van der Waals surface area contributed by atoms with Crippen LogP contribution in [0.25, 0.3) is 0 Å². The zero-order valence-corrected chi connectivity index (χ0v) is 5.59. The Morgan fingerprint density at radius 3 is 2.80 bits per heavy atom. The van der Waals surface area contributed by atoms with Gasteiger partial charge in [-0.3, -0.25) is 4.79 Å². The van der Waals surface area contributed by atoms with Crippen LogP contribution in [0.2, 0.25) is 0 Å². The Kier molecular flexibility index (Phi) is 1.71.